The monoisotopic (exact) mass is 342 g/mol. The van der Waals surface area contributed by atoms with Crippen molar-refractivity contribution in [2.45, 2.75) is 0 Å². The smallest absolute Gasteiger partial charge is 0.144 e. The number of aromatic nitrogens is 1. The van der Waals surface area contributed by atoms with Gasteiger partial charge in [-0.2, -0.15) is 0 Å². The maximum absolute atomic E-state index is 5.85. The number of pyridine rings is 1. The Hall–Kier alpha value is -1.46. The summed E-state index contributed by atoms with van der Waals surface area (Å²) in [5, 5.41) is 3.74. The molecule has 2 rings (SSSR count). The third kappa shape index (κ3) is 3.52. The standard InChI is InChI=1S/C13H12BrClN2O2/c1-18-10-4-9(5-11(6-10)19-2)17-13-12(14)3-8(15)7-16-13/h3-7H,1-2H3,(H,16,17). The van der Waals surface area contributed by atoms with E-state index in [0.29, 0.717) is 22.3 Å². The molecule has 0 atom stereocenters. The van der Waals surface area contributed by atoms with Gasteiger partial charge in [0.25, 0.3) is 0 Å². The predicted molar refractivity (Wildman–Crippen MR) is 79.8 cm³/mol. The first-order chi connectivity index (χ1) is 9.12. The van der Waals surface area contributed by atoms with Crippen LogP contribution in [0, 0.1) is 0 Å². The molecule has 0 fully saturated rings. The highest BCUT2D eigenvalue weighted by molar-refractivity contribution is 9.10. The highest BCUT2D eigenvalue weighted by atomic mass is 79.9. The third-order valence-electron chi connectivity index (χ3n) is 2.42. The van der Waals surface area contributed by atoms with Gasteiger partial charge in [0.15, 0.2) is 0 Å². The number of nitrogens with zero attached hydrogens (tertiary/aromatic N) is 1. The third-order valence-corrected chi connectivity index (χ3v) is 3.23. The van der Waals surface area contributed by atoms with Gasteiger partial charge in [0.1, 0.15) is 17.3 Å². The molecule has 0 saturated carbocycles. The number of hydrogen-bond acceptors (Lipinski definition) is 4. The van der Waals surface area contributed by atoms with Crippen molar-refractivity contribution in [2.24, 2.45) is 0 Å². The molecule has 1 aromatic carbocycles. The molecule has 0 aliphatic rings. The van der Waals surface area contributed by atoms with Crippen molar-refractivity contribution in [2.75, 3.05) is 19.5 Å². The number of benzene rings is 1. The van der Waals surface area contributed by atoms with Crippen LogP contribution in [0.1, 0.15) is 0 Å². The fraction of sp³-hybridized carbons (Fsp3) is 0.154. The van der Waals surface area contributed by atoms with E-state index in [4.69, 9.17) is 21.1 Å². The first-order valence-electron chi connectivity index (χ1n) is 5.43. The maximum atomic E-state index is 5.85. The number of nitrogens with one attached hydrogen (secondary N) is 1. The van der Waals surface area contributed by atoms with Crippen molar-refractivity contribution < 1.29 is 9.47 Å². The Balaban J connectivity index is 2.31. The van der Waals surface area contributed by atoms with Crippen LogP contribution in [0.4, 0.5) is 11.5 Å². The summed E-state index contributed by atoms with van der Waals surface area (Å²) in [6.07, 6.45) is 1.58. The van der Waals surface area contributed by atoms with Gasteiger partial charge in [-0.1, -0.05) is 11.6 Å². The Morgan fingerprint density at radius 1 is 1.11 bits per heavy atom. The van der Waals surface area contributed by atoms with Gasteiger partial charge in [-0.25, -0.2) is 4.98 Å². The van der Waals surface area contributed by atoms with Crippen LogP contribution in [0.25, 0.3) is 0 Å². The van der Waals surface area contributed by atoms with E-state index in [9.17, 15) is 0 Å². The maximum Gasteiger partial charge on any atom is 0.144 e. The van der Waals surface area contributed by atoms with Crippen LogP contribution in [0.2, 0.25) is 5.02 Å². The van der Waals surface area contributed by atoms with Crippen LogP contribution in [-0.4, -0.2) is 19.2 Å². The lowest BCUT2D eigenvalue weighted by atomic mass is 10.2. The second-order valence-corrected chi connectivity index (χ2v) is 5.00. The number of ether oxygens (including phenoxy) is 2. The Kier molecular flexibility index (Phi) is 4.50. The minimum Gasteiger partial charge on any atom is -0.497 e. The van der Waals surface area contributed by atoms with Crippen molar-refractivity contribution in [1.29, 1.82) is 0 Å². The molecule has 1 aromatic heterocycles. The van der Waals surface area contributed by atoms with Crippen molar-refractivity contribution in [3.63, 3.8) is 0 Å². The molecule has 0 radical (unpaired) electrons. The van der Waals surface area contributed by atoms with E-state index in [-0.39, 0.29) is 0 Å². The second kappa shape index (κ2) is 6.12. The normalized spacial score (nSPS) is 10.1. The van der Waals surface area contributed by atoms with Gasteiger partial charge in [0.05, 0.1) is 23.7 Å². The molecule has 0 unspecified atom stereocenters. The lowest BCUT2D eigenvalue weighted by molar-refractivity contribution is 0.395. The molecule has 2 aromatic rings. The molecule has 4 nitrogen and oxygen atoms in total. The van der Waals surface area contributed by atoms with Crippen LogP contribution in [-0.2, 0) is 0 Å². The predicted octanol–water partition coefficient (Wildman–Crippen LogP) is 4.26. The number of methoxy groups -OCH3 is 2. The van der Waals surface area contributed by atoms with Crippen LogP contribution in [0.15, 0.2) is 34.9 Å². The summed E-state index contributed by atoms with van der Waals surface area (Å²) in [5.74, 6) is 2.07. The molecule has 0 spiro atoms. The molecule has 0 saturated heterocycles. The van der Waals surface area contributed by atoms with Gasteiger partial charge in [0, 0.05) is 30.1 Å². The van der Waals surface area contributed by atoms with E-state index in [0.717, 1.165) is 10.2 Å². The molecule has 6 heteroatoms. The molecular weight excluding hydrogens is 332 g/mol. The fourth-order valence-corrected chi connectivity index (χ4v) is 2.26. The van der Waals surface area contributed by atoms with Gasteiger partial charge >= 0.3 is 0 Å². The first-order valence-corrected chi connectivity index (χ1v) is 6.60. The van der Waals surface area contributed by atoms with Crippen LogP contribution in [0.5, 0.6) is 11.5 Å². The van der Waals surface area contributed by atoms with E-state index in [2.05, 4.69) is 26.2 Å². The fourth-order valence-electron chi connectivity index (χ4n) is 1.52. The molecule has 0 amide bonds. The molecule has 19 heavy (non-hydrogen) atoms. The Morgan fingerprint density at radius 3 is 2.26 bits per heavy atom. The first kappa shape index (κ1) is 14.0. The van der Waals surface area contributed by atoms with Gasteiger partial charge < -0.3 is 14.8 Å². The Bertz CT molecular complexity index is 571. The highest BCUT2D eigenvalue weighted by Gasteiger charge is 2.06. The van der Waals surface area contributed by atoms with Gasteiger partial charge in [0.2, 0.25) is 0 Å². The van der Waals surface area contributed by atoms with E-state index in [1.54, 1.807) is 32.5 Å². The number of halogens is 2. The molecule has 1 heterocycles. The van der Waals surface area contributed by atoms with Crippen molar-refractivity contribution >= 4 is 39.0 Å². The molecule has 0 aliphatic carbocycles. The minimum atomic E-state index is 0.570. The average Bonchev–Trinajstić information content (AvgIpc) is 2.41. The highest BCUT2D eigenvalue weighted by Crippen LogP contribution is 2.30. The van der Waals surface area contributed by atoms with E-state index in [1.807, 2.05) is 12.1 Å². The SMILES string of the molecule is COc1cc(Nc2ncc(Cl)cc2Br)cc(OC)c1. The van der Waals surface area contributed by atoms with Crippen molar-refractivity contribution in [3.05, 3.63) is 40.0 Å². The average molecular weight is 344 g/mol. The van der Waals surface area contributed by atoms with Crippen LogP contribution in [0.3, 0.4) is 0 Å². The zero-order valence-corrected chi connectivity index (χ0v) is 12.7. The second-order valence-electron chi connectivity index (χ2n) is 3.71. The summed E-state index contributed by atoms with van der Waals surface area (Å²) in [6, 6.07) is 7.28. The van der Waals surface area contributed by atoms with Gasteiger partial charge in [-0.3, -0.25) is 0 Å². The summed E-state index contributed by atoms with van der Waals surface area (Å²) in [6.45, 7) is 0. The van der Waals surface area contributed by atoms with Crippen molar-refractivity contribution in [3.8, 4) is 11.5 Å². The molecule has 100 valence electrons. The largest absolute Gasteiger partial charge is 0.497 e. The minimum absolute atomic E-state index is 0.570. The zero-order valence-electron chi connectivity index (χ0n) is 10.4. The molecular formula is C13H12BrClN2O2. The summed E-state index contributed by atoms with van der Waals surface area (Å²) < 4.78 is 11.2. The van der Waals surface area contributed by atoms with Crippen LogP contribution < -0.4 is 14.8 Å². The summed E-state index contributed by atoms with van der Waals surface area (Å²) in [5.41, 5.74) is 0.812. The molecule has 0 bridgehead atoms. The van der Waals surface area contributed by atoms with E-state index >= 15 is 0 Å². The molecule has 1 N–H and O–H groups in total. The lowest BCUT2D eigenvalue weighted by Gasteiger charge is -2.11. The number of hydrogen-bond donors (Lipinski definition) is 1. The Labute approximate surface area is 124 Å². The van der Waals surface area contributed by atoms with Crippen LogP contribution >= 0.6 is 27.5 Å². The van der Waals surface area contributed by atoms with Crippen molar-refractivity contribution in [1.82, 2.24) is 4.98 Å². The Morgan fingerprint density at radius 2 is 1.74 bits per heavy atom. The van der Waals surface area contributed by atoms with Gasteiger partial charge in [-0.15, -0.1) is 0 Å². The summed E-state index contributed by atoms with van der Waals surface area (Å²) in [7, 11) is 3.21. The zero-order chi connectivity index (χ0) is 13.8. The van der Waals surface area contributed by atoms with E-state index < -0.39 is 0 Å². The summed E-state index contributed by atoms with van der Waals surface area (Å²) >= 11 is 9.26. The molecule has 0 aliphatic heterocycles. The summed E-state index contributed by atoms with van der Waals surface area (Å²) in [4.78, 5) is 4.21. The quantitative estimate of drug-likeness (QED) is 0.901. The van der Waals surface area contributed by atoms with E-state index in [1.165, 1.54) is 0 Å². The number of rotatable bonds is 4. The topological polar surface area (TPSA) is 43.4 Å². The number of anilines is 2. The lowest BCUT2D eigenvalue weighted by Crippen LogP contribution is -1.96. The van der Waals surface area contributed by atoms with Gasteiger partial charge in [-0.05, 0) is 22.0 Å².